The van der Waals surface area contributed by atoms with Gasteiger partial charge in [0, 0.05) is 11.9 Å². The Kier molecular flexibility index (Phi) is 6.51. The third kappa shape index (κ3) is 6.19. The monoisotopic (exact) mass is 268 g/mol. The molecule has 0 atom stereocenters. The average molecular weight is 268 g/mol. The van der Waals surface area contributed by atoms with Crippen LogP contribution in [0.3, 0.4) is 0 Å². The lowest BCUT2D eigenvalue weighted by Crippen LogP contribution is -1.80. The minimum absolute atomic E-state index is 0.607. The summed E-state index contributed by atoms with van der Waals surface area (Å²) in [4.78, 5) is 0. The third-order valence-electron chi connectivity index (χ3n) is 2.72. The summed E-state index contributed by atoms with van der Waals surface area (Å²) in [5, 5.41) is 6.45. The minimum atomic E-state index is 0.607. The quantitative estimate of drug-likeness (QED) is 0.823. The molecule has 1 aromatic heterocycles. The molecule has 0 spiro atoms. The largest absolute Gasteiger partial charge is 0.283 e. The van der Waals surface area contributed by atoms with Gasteiger partial charge in [-0.25, -0.2) is 0 Å². The van der Waals surface area contributed by atoms with Gasteiger partial charge in [0.15, 0.2) is 0 Å². The Labute approximate surface area is 122 Å². The van der Waals surface area contributed by atoms with Crippen LogP contribution in [0.15, 0.2) is 49.2 Å². The Morgan fingerprint density at radius 3 is 2.20 bits per heavy atom. The number of nitrogens with zero attached hydrogens (tertiary/aromatic N) is 1. The van der Waals surface area contributed by atoms with E-state index in [1.165, 1.54) is 11.1 Å². The van der Waals surface area contributed by atoms with Crippen LogP contribution in [0.2, 0.25) is 0 Å². The minimum Gasteiger partial charge on any atom is -0.283 e. The van der Waals surface area contributed by atoms with E-state index in [9.17, 15) is 0 Å². The molecular weight excluding hydrogens is 244 g/mol. The van der Waals surface area contributed by atoms with Gasteiger partial charge < -0.3 is 0 Å². The van der Waals surface area contributed by atoms with Crippen LogP contribution < -0.4 is 0 Å². The SMILES string of the molecule is C=C(C)c1ccc(/C=C/C(C)C)cc1.Cc1ccn[nH]1. The Bertz CT molecular complexity index is 531. The van der Waals surface area contributed by atoms with Gasteiger partial charge in [0.2, 0.25) is 0 Å². The summed E-state index contributed by atoms with van der Waals surface area (Å²) in [6, 6.07) is 10.4. The van der Waals surface area contributed by atoms with E-state index in [1.807, 2.05) is 19.9 Å². The second-order valence-corrected chi connectivity index (χ2v) is 5.25. The maximum Gasteiger partial charge on any atom is 0.0489 e. The number of aromatic nitrogens is 2. The average Bonchev–Trinajstić information content (AvgIpc) is 2.88. The van der Waals surface area contributed by atoms with E-state index in [1.54, 1.807) is 6.20 Å². The van der Waals surface area contributed by atoms with Crippen LogP contribution in [0.1, 0.15) is 37.6 Å². The summed E-state index contributed by atoms with van der Waals surface area (Å²) in [6.07, 6.45) is 6.10. The Hall–Kier alpha value is -2.09. The first-order chi connectivity index (χ1) is 9.49. The zero-order valence-corrected chi connectivity index (χ0v) is 12.9. The number of benzene rings is 1. The highest BCUT2D eigenvalue weighted by Gasteiger charge is 1.92. The van der Waals surface area contributed by atoms with Crippen molar-refractivity contribution in [3.63, 3.8) is 0 Å². The highest BCUT2D eigenvalue weighted by molar-refractivity contribution is 5.63. The van der Waals surface area contributed by atoms with Crippen molar-refractivity contribution in [3.8, 4) is 0 Å². The molecule has 0 aliphatic carbocycles. The Balaban J connectivity index is 0.000000276. The molecule has 20 heavy (non-hydrogen) atoms. The molecule has 2 aromatic rings. The number of hydrogen-bond acceptors (Lipinski definition) is 1. The van der Waals surface area contributed by atoms with Gasteiger partial charge in [0.05, 0.1) is 0 Å². The number of aromatic amines is 1. The van der Waals surface area contributed by atoms with Gasteiger partial charge in [-0.05, 0) is 37.0 Å². The molecule has 0 aliphatic heterocycles. The van der Waals surface area contributed by atoms with Crippen LogP contribution >= 0.6 is 0 Å². The smallest absolute Gasteiger partial charge is 0.0489 e. The van der Waals surface area contributed by atoms with E-state index in [2.05, 4.69) is 67.0 Å². The number of allylic oxidation sites excluding steroid dienone is 2. The summed E-state index contributed by atoms with van der Waals surface area (Å²) in [7, 11) is 0. The summed E-state index contributed by atoms with van der Waals surface area (Å²) >= 11 is 0. The van der Waals surface area contributed by atoms with E-state index in [-0.39, 0.29) is 0 Å². The predicted octanol–water partition coefficient (Wildman–Crippen LogP) is 5.11. The zero-order chi connectivity index (χ0) is 15.0. The molecule has 0 saturated carbocycles. The number of rotatable bonds is 3. The lowest BCUT2D eigenvalue weighted by Gasteiger charge is -2.00. The maximum atomic E-state index is 3.91. The van der Waals surface area contributed by atoms with Crippen LogP contribution in [-0.2, 0) is 0 Å². The second kappa shape index (κ2) is 8.16. The molecule has 1 aromatic carbocycles. The fourth-order valence-electron chi connectivity index (χ4n) is 1.51. The van der Waals surface area contributed by atoms with Gasteiger partial charge in [0.1, 0.15) is 0 Å². The molecule has 0 aliphatic rings. The van der Waals surface area contributed by atoms with E-state index < -0.39 is 0 Å². The third-order valence-corrected chi connectivity index (χ3v) is 2.72. The van der Waals surface area contributed by atoms with Crippen LogP contribution in [-0.4, -0.2) is 10.2 Å². The van der Waals surface area contributed by atoms with Crippen LogP contribution in [0, 0.1) is 12.8 Å². The predicted molar refractivity (Wildman–Crippen MR) is 88.3 cm³/mol. The molecule has 0 radical (unpaired) electrons. The first-order valence-corrected chi connectivity index (χ1v) is 6.89. The number of aryl methyl sites for hydroxylation is 1. The van der Waals surface area contributed by atoms with Gasteiger partial charge >= 0.3 is 0 Å². The zero-order valence-electron chi connectivity index (χ0n) is 12.9. The Morgan fingerprint density at radius 1 is 1.20 bits per heavy atom. The molecule has 2 nitrogen and oxygen atoms in total. The summed E-state index contributed by atoms with van der Waals surface area (Å²) in [5.74, 6) is 0.607. The van der Waals surface area contributed by atoms with Gasteiger partial charge in [-0.1, -0.05) is 62.4 Å². The first kappa shape index (κ1) is 16.0. The fourth-order valence-corrected chi connectivity index (χ4v) is 1.51. The molecule has 0 fully saturated rings. The van der Waals surface area contributed by atoms with E-state index in [0.717, 1.165) is 11.3 Å². The van der Waals surface area contributed by atoms with Crippen molar-refractivity contribution in [2.75, 3.05) is 0 Å². The van der Waals surface area contributed by atoms with E-state index >= 15 is 0 Å². The molecule has 0 saturated heterocycles. The lowest BCUT2D eigenvalue weighted by molar-refractivity contribution is 0.836. The highest BCUT2D eigenvalue weighted by Crippen LogP contribution is 2.13. The van der Waals surface area contributed by atoms with Gasteiger partial charge in [-0.3, -0.25) is 5.10 Å². The van der Waals surface area contributed by atoms with Crippen molar-refractivity contribution in [3.05, 3.63) is 66.0 Å². The number of nitrogens with one attached hydrogen (secondary N) is 1. The van der Waals surface area contributed by atoms with E-state index in [4.69, 9.17) is 0 Å². The topological polar surface area (TPSA) is 28.7 Å². The van der Waals surface area contributed by atoms with Crippen molar-refractivity contribution in [2.24, 2.45) is 5.92 Å². The molecule has 1 heterocycles. The summed E-state index contributed by atoms with van der Waals surface area (Å²) < 4.78 is 0. The molecule has 0 bridgehead atoms. The Morgan fingerprint density at radius 2 is 1.85 bits per heavy atom. The van der Waals surface area contributed by atoms with Crippen molar-refractivity contribution >= 4 is 11.6 Å². The lowest BCUT2D eigenvalue weighted by atomic mass is 10.1. The summed E-state index contributed by atoms with van der Waals surface area (Å²) in [5.41, 5.74) is 4.69. The van der Waals surface area contributed by atoms with Crippen LogP contribution in [0.25, 0.3) is 11.6 Å². The number of H-pyrrole nitrogens is 1. The summed E-state index contributed by atoms with van der Waals surface area (Å²) in [6.45, 7) is 12.3. The maximum absolute atomic E-state index is 3.91. The van der Waals surface area contributed by atoms with Gasteiger partial charge in [-0.2, -0.15) is 5.10 Å². The van der Waals surface area contributed by atoms with E-state index in [0.29, 0.717) is 5.92 Å². The second-order valence-electron chi connectivity index (χ2n) is 5.25. The first-order valence-electron chi connectivity index (χ1n) is 6.89. The highest BCUT2D eigenvalue weighted by atomic mass is 15.1. The molecule has 106 valence electrons. The molecule has 0 amide bonds. The van der Waals surface area contributed by atoms with Crippen LogP contribution in [0.5, 0.6) is 0 Å². The molecular formula is C18H24N2. The van der Waals surface area contributed by atoms with Crippen molar-refractivity contribution in [1.29, 1.82) is 0 Å². The standard InChI is InChI=1S/C14H18.C4H6N2/c1-11(2)5-6-13-7-9-14(10-8-13)12(3)4;1-4-2-3-5-6-4/h5-11H,3H2,1-2,4H3;2-3H,1H3,(H,5,6)/b6-5+;. The molecule has 1 N–H and O–H groups in total. The number of hydrogen-bond donors (Lipinski definition) is 1. The van der Waals surface area contributed by atoms with Crippen molar-refractivity contribution < 1.29 is 0 Å². The fraction of sp³-hybridized carbons (Fsp3) is 0.278. The molecule has 0 unspecified atom stereocenters. The normalized spacial score (nSPS) is 10.4. The van der Waals surface area contributed by atoms with Crippen molar-refractivity contribution in [2.45, 2.75) is 27.7 Å². The van der Waals surface area contributed by atoms with Gasteiger partial charge in [0.25, 0.3) is 0 Å². The molecule has 2 rings (SSSR count). The molecule has 2 heteroatoms. The van der Waals surface area contributed by atoms with Crippen LogP contribution in [0.4, 0.5) is 0 Å². The van der Waals surface area contributed by atoms with Gasteiger partial charge in [-0.15, -0.1) is 0 Å². The van der Waals surface area contributed by atoms with Crippen molar-refractivity contribution in [1.82, 2.24) is 10.2 Å².